The number of hydrogen-bond acceptors (Lipinski definition) is 4. The Bertz CT molecular complexity index is 1730. The highest BCUT2D eigenvalue weighted by Gasteiger charge is 2.19. The monoisotopic (exact) mass is 518 g/mol. The van der Waals surface area contributed by atoms with E-state index in [9.17, 15) is 0 Å². The average molecular weight is 519 g/mol. The summed E-state index contributed by atoms with van der Waals surface area (Å²) >= 11 is 0. The normalized spacial score (nSPS) is 10.8. The molecule has 0 saturated carbocycles. The van der Waals surface area contributed by atoms with Gasteiger partial charge in [-0.15, -0.1) is 0 Å². The average Bonchev–Trinajstić information content (AvgIpc) is 3.05. The zero-order valence-electron chi connectivity index (χ0n) is 22.6. The quantitative estimate of drug-likeness (QED) is 0.222. The summed E-state index contributed by atoms with van der Waals surface area (Å²) in [6.07, 6.45) is 0. The maximum absolute atomic E-state index is 5.34. The Hall–Kier alpha value is -5.22. The number of hydrogen-bond donors (Lipinski definition) is 2. The fraction of sp³-hybridized carbons (Fsp3) is 0.0556. The number of anilines is 2. The van der Waals surface area contributed by atoms with Crippen molar-refractivity contribution in [2.75, 3.05) is 24.7 Å². The Morgan fingerprint density at radius 3 is 1.20 bits per heavy atom. The van der Waals surface area contributed by atoms with Crippen LogP contribution in [-0.4, -0.2) is 24.1 Å². The van der Waals surface area contributed by atoms with Crippen molar-refractivity contribution in [3.8, 4) is 56.2 Å². The molecule has 0 amide bonds. The first kappa shape index (κ1) is 25.1. The van der Waals surface area contributed by atoms with Gasteiger partial charge in [0.05, 0.1) is 22.8 Å². The van der Waals surface area contributed by atoms with Crippen LogP contribution in [0.2, 0.25) is 0 Å². The molecular formula is C36H30N4. The van der Waals surface area contributed by atoms with Crippen molar-refractivity contribution in [3.63, 3.8) is 0 Å². The second-order valence-electron chi connectivity index (χ2n) is 9.55. The molecule has 0 spiro atoms. The van der Waals surface area contributed by atoms with Gasteiger partial charge in [-0.1, -0.05) is 115 Å². The van der Waals surface area contributed by atoms with Crippen LogP contribution in [0, 0.1) is 0 Å². The van der Waals surface area contributed by atoms with Crippen LogP contribution in [0.5, 0.6) is 0 Å². The van der Waals surface area contributed by atoms with Crippen LogP contribution in [-0.2, 0) is 0 Å². The fourth-order valence-corrected chi connectivity index (χ4v) is 4.99. The minimum atomic E-state index is 0.856. The lowest BCUT2D eigenvalue weighted by Crippen LogP contribution is -2.01. The fourth-order valence-electron chi connectivity index (χ4n) is 4.99. The number of nitrogens with one attached hydrogen (secondary N) is 2. The van der Waals surface area contributed by atoms with Gasteiger partial charge in [-0.25, -0.2) is 9.97 Å². The Morgan fingerprint density at radius 1 is 0.400 bits per heavy atom. The van der Waals surface area contributed by atoms with Gasteiger partial charge in [-0.3, -0.25) is 0 Å². The minimum absolute atomic E-state index is 0.856. The molecule has 0 aliphatic heterocycles. The first-order valence-corrected chi connectivity index (χ1v) is 13.4. The second kappa shape index (κ2) is 11.3. The molecule has 5 aromatic carbocycles. The summed E-state index contributed by atoms with van der Waals surface area (Å²) in [5.74, 6) is 0. The van der Waals surface area contributed by atoms with E-state index >= 15 is 0 Å². The van der Waals surface area contributed by atoms with Crippen molar-refractivity contribution >= 4 is 11.4 Å². The summed E-state index contributed by atoms with van der Waals surface area (Å²) in [4.78, 5) is 10.7. The molecule has 194 valence electrons. The largest absolute Gasteiger partial charge is 0.388 e. The van der Waals surface area contributed by atoms with Crippen LogP contribution in [0.25, 0.3) is 56.2 Å². The zero-order chi connectivity index (χ0) is 27.3. The Kier molecular flexibility index (Phi) is 7.06. The van der Waals surface area contributed by atoms with Gasteiger partial charge < -0.3 is 10.6 Å². The second-order valence-corrected chi connectivity index (χ2v) is 9.55. The van der Waals surface area contributed by atoms with Crippen LogP contribution in [0.15, 0.2) is 133 Å². The first-order valence-electron chi connectivity index (χ1n) is 13.4. The SMILES string of the molecule is CNc1ccc(NC)c(-c2ccc(-c3nc(-c4ccccc4)c(-c4ccccc4)nc3-c3ccccc3)cc2)c1. The van der Waals surface area contributed by atoms with Crippen molar-refractivity contribution in [3.05, 3.63) is 133 Å². The number of rotatable bonds is 7. The molecular weight excluding hydrogens is 488 g/mol. The van der Waals surface area contributed by atoms with Crippen LogP contribution >= 0.6 is 0 Å². The van der Waals surface area contributed by atoms with Gasteiger partial charge in [0.2, 0.25) is 0 Å². The number of aromatic nitrogens is 2. The van der Waals surface area contributed by atoms with Gasteiger partial charge in [0.1, 0.15) is 0 Å². The Morgan fingerprint density at radius 2 is 0.800 bits per heavy atom. The van der Waals surface area contributed by atoms with E-state index in [0.717, 1.165) is 67.5 Å². The molecule has 0 aliphatic rings. The predicted molar refractivity (Wildman–Crippen MR) is 168 cm³/mol. The third-order valence-electron chi connectivity index (χ3n) is 7.08. The molecule has 0 radical (unpaired) electrons. The van der Waals surface area contributed by atoms with Crippen molar-refractivity contribution < 1.29 is 0 Å². The number of benzene rings is 5. The molecule has 0 bridgehead atoms. The van der Waals surface area contributed by atoms with E-state index in [2.05, 4.69) is 89.5 Å². The molecule has 0 fully saturated rings. The summed E-state index contributed by atoms with van der Waals surface area (Å²) in [6, 6.07) is 45.9. The van der Waals surface area contributed by atoms with Gasteiger partial charge in [0, 0.05) is 53.3 Å². The molecule has 6 aromatic rings. The molecule has 40 heavy (non-hydrogen) atoms. The summed E-state index contributed by atoms with van der Waals surface area (Å²) < 4.78 is 0. The molecule has 1 heterocycles. The van der Waals surface area contributed by atoms with Crippen molar-refractivity contribution in [2.45, 2.75) is 0 Å². The smallest absolute Gasteiger partial charge is 0.0973 e. The molecule has 4 heteroatoms. The Labute approximate surface area is 235 Å². The lowest BCUT2D eigenvalue weighted by atomic mass is 9.97. The van der Waals surface area contributed by atoms with E-state index in [1.165, 1.54) is 0 Å². The standard InChI is InChI=1S/C36H30N4/c1-37-30-22-23-32(38-2)31(24-30)25-18-20-29(21-19-25)36-35(28-16-10-5-11-17-28)39-33(26-12-6-3-7-13-26)34(40-36)27-14-8-4-9-15-27/h3-24,37-38H,1-2H3. The maximum Gasteiger partial charge on any atom is 0.0973 e. The van der Waals surface area contributed by atoms with Crippen molar-refractivity contribution in [1.29, 1.82) is 0 Å². The van der Waals surface area contributed by atoms with E-state index < -0.39 is 0 Å². The van der Waals surface area contributed by atoms with E-state index in [1.54, 1.807) is 0 Å². The van der Waals surface area contributed by atoms with Crippen LogP contribution in [0.4, 0.5) is 11.4 Å². The zero-order valence-corrected chi connectivity index (χ0v) is 22.6. The summed E-state index contributed by atoms with van der Waals surface area (Å²) in [7, 11) is 3.89. The third kappa shape index (κ3) is 4.95. The van der Waals surface area contributed by atoms with Gasteiger partial charge in [0.25, 0.3) is 0 Å². The van der Waals surface area contributed by atoms with E-state index in [4.69, 9.17) is 9.97 Å². The first-order chi connectivity index (χ1) is 19.7. The number of nitrogens with zero attached hydrogens (tertiary/aromatic N) is 2. The summed E-state index contributed by atoms with van der Waals surface area (Å²) in [5.41, 5.74) is 12.0. The maximum atomic E-state index is 5.34. The summed E-state index contributed by atoms with van der Waals surface area (Å²) in [6.45, 7) is 0. The molecule has 0 atom stereocenters. The molecule has 2 N–H and O–H groups in total. The third-order valence-corrected chi connectivity index (χ3v) is 7.08. The predicted octanol–water partition coefficient (Wildman–Crippen LogP) is 8.90. The summed E-state index contributed by atoms with van der Waals surface area (Å²) in [5, 5.41) is 6.57. The minimum Gasteiger partial charge on any atom is -0.388 e. The van der Waals surface area contributed by atoms with Crippen LogP contribution in [0.1, 0.15) is 0 Å². The van der Waals surface area contributed by atoms with Crippen LogP contribution < -0.4 is 10.6 Å². The molecule has 6 rings (SSSR count). The Balaban J connectivity index is 1.55. The lowest BCUT2D eigenvalue weighted by Gasteiger charge is -2.16. The van der Waals surface area contributed by atoms with E-state index in [0.29, 0.717) is 0 Å². The van der Waals surface area contributed by atoms with Gasteiger partial charge in [-0.05, 0) is 23.8 Å². The highest BCUT2D eigenvalue weighted by molar-refractivity contribution is 5.88. The van der Waals surface area contributed by atoms with Gasteiger partial charge in [-0.2, -0.15) is 0 Å². The van der Waals surface area contributed by atoms with Gasteiger partial charge >= 0.3 is 0 Å². The highest BCUT2D eigenvalue weighted by atomic mass is 14.9. The molecule has 4 nitrogen and oxygen atoms in total. The van der Waals surface area contributed by atoms with E-state index in [-0.39, 0.29) is 0 Å². The lowest BCUT2D eigenvalue weighted by molar-refractivity contribution is 1.21. The van der Waals surface area contributed by atoms with Crippen LogP contribution in [0.3, 0.4) is 0 Å². The highest BCUT2D eigenvalue weighted by Crippen LogP contribution is 2.38. The topological polar surface area (TPSA) is 49.8 Å². The van der Waals surface area contributed by atoms with Gasteiger partial charge in [0.15, 0.2) is 0 Å². The van der Waals surface area contributed by atoms with Crippen molar-refractivity contribution in [1.82, 2.24) is 9.97 Å². The molecule has 0 unspecified atom stereocenters. The van der Waals surface area contributed by atoms with E-state index in [1.807, 2.05) is 68.7 Å². The van der Waals surface area contributed by atoms with Crippen molar-refractivity contribution in [2.24, 2.45) is 0 Å². The molecule has 0 saturated heterocycles. The molecule has 0 aliphatic carbocycles. The molecule has 1 aromatic heterocycles.